The molecule has 2 aliphatic rings. The molecule has 2 heterocycles. The van der Waals surface area contributed by atoms with E-state index in [1.165, 1.54) is 22.8 Å². The van der Waals surface area contributed by atoms with E-state index < -0.39 is 0 Å². The van der Waals surface area contributed by atoms with Crippen LogP contribution in [0.1, 0.15) is 80.4 Å². The summed E-state index contributed by atoms with van der Waals surface area (Å²) in [6.07, 6.45) is 4.25. The number of benzene rings is 3. The average molecular weight is 529 g/mol. The van der Waals surface area contributed by atoms with Gasteiger partial charge in [-0.2, -0.15) is 0 Å². The van der Waals surface area contributed by atoms with Gasteiger partial charge in [-0.25, -0.2) is 4.39 Å². The van der Waals surface area contributed by atoms with Crippen LogP contribution >= 0.6 is 0 Å². The zero-order valence-electron chi connectivity index (χ0n) is 24.7. The average Bonchev–Trinajstić information content (AvgIpc) is 2.92. The smallest absolute Gasteiger partial charge is 0.254 e. The highest BCUT2D eigenvalue weighted by atomic mass is 19.1. The standard InChI is InChI=1S/C31H35FN2O.C4H10/c1-21-7-9-24(10-8-21)23(3)25-11-15-33(16-12-25)26-13-17-34(18-14-26)31(35)28-6-4-5-27-29(28)19-22(2)20-30(27)32;1-4(2)3/h4-10,19-20,26H,11-18H2,1-3H3;4H,1-3H3. The topological polar surface area (TPSA) is 23.6 Å². The van der Waals surface area contributed by atoms with Gasteiger partial charge in [0, 0.05) is 43.2 Å². The molecule has 1 amide bonds. The van der Waals surface area contributed by atoms with Gasteiger partial charge in [0.05, 0.1) is 0 Å². The van der Waals surface area contributed by atoms with Gasteiger partial charge in [0.1, 0.15) is 5.82 Å². The van der Waals surface area contributed by atoms with Crippen molar-refractivity contribution in [3.05, 3.63) is 88.2 Å². The van der Waals surface area contributed by atoms with Crippen LogP contribution in [-0.2, 0) is 0 Å². The van der Waals surface area contributed by atoms with E-state index in [4.69, 9.17) is 0 Å². The molecule has 0 aliphatic carbocycles. The Bertz CT molecular complexity index is 1300. The number of rotatable bonds is 3. The van der Waals surface area contributed by atoms with Crippen molar-refractivity contribution in [2.75, 3.05) is 26.2 Å². The van der Waals surface area contributed by atoms with Gasteiger partial charge in [0.25, 0.3) is 5.91 Å². The molecule has 0 atom stereocenters. The van der Waals surface area contributed by atoms with Gasteiger partial charge in [0.15, 0.2) is 0 Å². The Morgan fingerprint density at radius 1 is 0.846 bits per heavy atom. The Balaban J connectivity index is 0.000000826. The molecule has 39 heavy (non-hydrogen) atoms. The molecule has 0 bridgehead atoms. The minimum Gasteiger partial charge on any atom is -0.339 e. The predicted octanol–water partition coefficient (Wildman–Crippen LogP) is 8.43. The number of piperidine rings is 2. The van der Waals surface area contributed by atoms with Crippen LogP contribution in [0.2, 0.25) is 0 Å². The summed E-state index contributed by atoms with van der Waals surface area (Å²) in [4.78, 5) is 18.0. The van der Waals surface area contributed by atoms with Crippen LogP contribution in [0.15, 0.2) is 60.2 Å². The SMILES string of the molecule is CC(=C1CCN(C2CCN(C(=O)c3cccc4c(F)cc(C)cc34)CC2)CC1)c1ccc(C)cc1.CC(C)C. The first-order valence-electron chi connectivity index (χ1n) is 14.6. The molecular formula is C35H45FN2O. The Morgan fingerprint density at radius 2 is 1.46 bits per heavy atom. The molecule has 4 heteroatoms. The van der Waals surface area contributed by atoms with Crippen LogP contribution in [-0.4, -0.2) is 47.9 Å². The van der Waals surface area contributed by atoms with Crippen molar-refractivity contribution in [1.29, 1.82) is 0 Å². The fraction of sp³-hybridized carbons (Fsp3) is 0.457. The fourth-order valence-corrected chi connectivity index (χ4v) is 5.81. The zero-order chi connectivity index (χ0) is 28.1. The van der Waals surface area contributed by atoms with Crippen molar-refractivity contribution in [2.45, 2.75) is 73.3 Å². The van der Waals surface area contributed by atoms with Crippen LogP contribution in [0, 0.1) is 25.6 Å². The summed E-state index contributed by atoms with van der Waals surface area (Å²) in [7, 11) is 0. The molecule has 0 unspecified atom stereocenters. The lowest BCUT2D eigenvalue weighted by Gasteiger charge is -2.41. The molecule has 5 rings (SSSR count). The van der Waals surface area contributed by atoms with E-state index in [9.17, 15) is 9.18 Å². The van der Waals surface area contributed by atoms with Crippen molar-refractivity contribution in [3.63, 3.8) is 0 Å². The third-order valence-corrected chi connectivity index (χ3v) is 8.00. The number of hydrogen-bond donors (Lipinski definition) is 0. The molecule has 3 aromatic carbocycles. The van der Waals surface area contributed by atoms with Gasteiger partial charge in [-0.3, -0.25) is 9.69 Å². The minimum atomic E-state index is -0.260. The fourth-order valence-electron chi connectivity index (χ4n) is 5.81. The van der Waals surface area contributed by atoms with Crippen LogP contribution in [0.3, 0.4) is 0 Å². The molecule has 0 N–H and O–H groups in total. The number of amides is 1. The lowest BCUT2D eigenvalue weighted by molar-refractivity contribution is 0.0610. The van der Waals surface area contributed by atoms with Crippen molar-refractivity contribution in [1.82, 2.24) is 9.80 Å². The number of likely N-dealkylation sites (tertiary alicyclic amines) is 2. The van der Waals surface area contributed by atoms with E-state index in [0.717, 1.165) is 68.7 Å². The summed E-state index contributed by atoms with van der Waals surface area (Å²) in [6.45, 7) is 16.5. The largest absolute Gasteiger partial charge is 0.339 e. The Labute approximate surface area is 234 Å². The number of nitrogens with zero attached hydrogens (tertiary/aromatic N) is 2. The molecular weight excluding hydrogens is 483 g/mol. The summed E-state index contributed by atoms with van der Waals surface area (Å²) in [5.74, 6) is 0.598. The number of carbonyl (C=O) groups is 1. The monoisotopic (exact) mass is 528 g/mol. The third kappa shape index (κ3) is 7.16. The van der Waals surface area contributed by atoms with E-state index in [0.29, 0.717) is 17.0 Å². The molecule has 3 aromatic rings. The van der Waals surface area contributed by atoms with E-state index in [1.54, 1.807) is 17.7 Å². The first-order chi connectivity index (χ1) is 18.6. The molecule has 0 radical (unpaired) electrons. The molecule has 2 saturated heterocycles. The van der Waals surface area contributed by atoms with Gasteiger partial charge in [-0.15, -0.1) is 0 Å². The van der Waals surface area contributed by atoms with Gasteiger partial charge < -0.3 is 4.90 Å². The van der Waals surface area contributed by atoms with E-state index >= 15 is 0 Å². The van der Waals surface area contributed by atoms with Gasteiger partial charge in [-0.1, -0.05) is 74.4 Å². The summed E-state index contributed by atoms with van der Waals surface area (Å²) >= 11 is 0. The normalized spacial score (nSPS) is 16.8. The second kappa shape index (κ2) is 12.9. The van der Waals surface area contributed by atoms with E-state index in [-0.39, 0.29) is 11.7 Å². The highest BCUT2D eigenvalue weighted by Gasteiger charge is 2.29. The number of hydrogen-bond acceptors (Lipinski definition) is 2. The predicted molar refractivity (Wildman–Crippen MR) is 163 cm³/mol. The maximum Gasteiger partial charge on any atom is 0.254 e. The molecule has 3 nitrogen and oxygen atoms in total. The zero-order valence-corrected chi connectivity index (χ0v) is 24.7. The van der Waals surface area contributed by atoms with Crippen molar-refractivity contribution < 1.29 is 9.18 Å². The Kier molecular flexibility index (Phi) is 9.61. The van der Waals surface area contributed by atoms with Gasteiger partial charge >= 0.3 is 0 Å². The second-order valence-electron chi connectivity index (χ2n) is 12.0. The molecule has 208 valence electrons. The van der Waals surface area contributed by atoms with Gasteiger partial charge in [0.2, 0.25) is 0 Å². The van der Waals surface area contributed by atoms with E-state index in [1.807, 2.05) is 24.0 Å². The molecule has 2 fully saturated rings. The number of aryl methyl sites for hydroxylation is 2. The van der Waals surface area contributed by atoms with Crippen LogP contribution in [0.4, 0.5) is 4.39 Å². The lowest BCUT2D eigenvalue weighted by atomic mass is 9.92. The first kappa shape index (κ1) is 29.0. The second-order valence-corrected chi connectivity index (χ2v) is 12.0. The number of halogens is 1. The molecule has 0 aromatic heterocycles. The van der Waals surface area contributed by atoms with Crippen molar-refractivity contribution in [2.24, 2.45) is 5.92 Å². The summed E-state index contributed by atoms with van der Waals surface area (Å²) in [5.41, 5.74) is 7.11. The summed E-state index contributed by atoms with van der Waals surface area (Å²) < 4.78 is 14.4. The minimum absolute atomic E-state index is 0.0247. The maximum atomic E-state index is 14.4. The lowest BCUT2D eigenvalue weighted by Crippen LogP contribution is -2.48. The van der Waals surface area contributed by atoms with Crippen LogP contribution < -0.4 is 0 Å². The number of allylic oxidation sites excluding steroid dienone is 1. The van der Waals surface area contributed by atoms with Crippen LogP contribution in [0.25, 0.3) is 16.3 Å². The third-order valence-electron chi connectivity index (χ3n) is 8.00. The molecule has 2 aliphatic heterocycles. The summed E-state index contributed by atoms with van der Waals surface area (Å²) in [6, 6.07) is 18.2. The van der Waals surface area contributed by atoms with Gasteiger partial charge in [-0.05, 0) is 86.6 Å². The highest BCUT2D eigenvalue weighted by Crippen LogP contribution is 2.30. The number of carbonyl (C=O) groups excluding carboxylic acids is 1. The van der Waals surface area contributed by atoms with E-state index in [2.05, 4.69) is 63.8 Å². The molecule has 0 spiro atoms. The first-order valence-corrected chi connectivity index (χ1v) is 14.6. The highest BCUT2D eigenvalue weighted by molar-refractivity contribution is 6.07. The molecule has 0 saturated carbocycles. The summed E-state index contributed by atoms with van der Waals surface area (Å²) in [5, 5.41) is 1.24. The Hall–Kier alpha value is -2.98. The van der Waals surface area contributed by atoms with Crippen molar-refractivity contribution in [3.8, 4) is 0 Å². The van der Waals surface area contributed by atoms with Crippen LogP contribution in [0.5, 0.6) is 0 Å². The Morgan fingerprint density at radius 3 is 2.08 bits per heavy atom. The van der Waals surface area contributed by atoms with Crippen molar-refractivity contribution >= 4 is 22.3 Å². The number of fused-ring (bicyclic) bond motifs is 1. The maximum absolute atomic E-state index is 14.4. The quantitative estimate of drug-likeness (QED) is 0.341.